The van der Waals surface area contributed by atoms with E-state index in [1.165, 1.54) is 43.2 Å². The third-order valence-corrected chi connectivity index (χ3v) is 5.42. The molecular weight excluding hydrogens is 312 g/mol. The van der Waals surface area contributed by atoms with Crippen molar-refractivity contribution in [2.24, 2.45) is 5.92 Å². The number of carbonyl (C=O) groups excluding carboxylic acids is 1. The first-order chi connectivity index (χ1) is 12.2. The second kappa shape index (κ2) is 8.66. The Kier molecular flexibility index (Phi) is 6.30. The molecule has 1 saturated carbocycles. The molecule has 3 heteroatoms. The van der Waals surface area contributed by atoms with Crippen molar-refractivity contribution in [2.75, 3.05) is 0 Å². The minimum atomic E-state index is -0.598. The third-order valence-electron chi connectivity index (χ3n) is 5.42. The predicted octanol–water partition coefficient (Wildman–Crippen LogP) is 4.67. The van der Waals surface area contributed by atoms with Crippen molar-refractivity contribution in [3.63, 3.8) is 0 Å². The van der Waals surface area contributed by atoms with Crippen LogP contribution in [-0.2, 0) is 16.0 Å². The number of benzene rings is 1. The molecule has 3 nitrogen and oxygen atoms in total. The molecule has 1 heterocycles. The minimum absolute atomic E-state index is 0.115. The van der Waals surface area contributed by atoms with Crippen LogP contribution in [0.2, 0.25) is 0 Å². The first kappa shape index (κ1) is 18.2. The summed E-state index contributed by atoms with van der Waals surface area (Å²) in [5.74, 6) is 0.266. The average Bonchev–Trinajstić information content (AvgIpc) is 2.61. The zero-order chi connectivity index (χ0) is 17.6. The largest absolute Gasteiger partial charge is 0.457 e. The molecule has 0 amide bonds. The highest BCUT2D eigenvalue weighted by Crippen LogP contribution is 2.35. The van der Waals surface area contributed by atoms with E-state index in [4.69, 9.17) is 4.74 Å². The van der Waals surface area contributed by atoms with Crippen LogP contribution in [0.5, 0.6) is 0 Å². The van der Waals surface area contributed by atoms with E-state index in [0.717, 1.165) is 18.4 Å². The lowest BCUT2D eigenvalue weighted by Gasteiger charge is -2.30. The van der Waals surface area contributed by atoms with Gasteiger partial charge >= 0.3 is 5.97 Å². The Bertz CT molecular complexity index is 613. The van der Waals surface area contributed by atoms with Gasteiger partial charge in [-0.1, -0.05) is 62.9 Å². The lowest BCUT2D eigenvalue weighted by Crippen LogP contribution is -2.33. The van der Waals surface area contributed by atoms with Gasteiger partial charge in [0.1, 0.15) is 6.10 Å². The summed E-state index contributed by atoms with van der Waals surface area (Å²) in [5, 5.41) is 10.1. The quantitative estimate of drug-likeness (QED) is 0.791. The molecular formula is C22H30O3. The smallest absolute Gasteiger partial charge is 0.309 e. The predicted molar refractivity (Wildman–Crippen MR) is 100 cm³/mol. The fourth-order valence-electron chi connectivity index (χ4n) is 4.18. The first-order valence-corrected chi connectivity index (χ1v) is 9.85. The molecule has 0 radical (unpaired) electrons. The molecule has 0 spiro atoms. The Balaban J connectivity index is 1.96. The Morgan fingerprint density at radius 1 is 1.24 bits per heavy atom. The second-order valence-electron chi connectivity index (χ2n) is 7.50. The van der Waals surface area contributed by atoms with E-state index in [1.807, 2.05) is 0 Å². The van der Waals surface area contributed by atoms with Gasteiger partial charge in [-0.25, -0.2) is 0 Å². The van der Waals surface area contributed by atoms with E-state index < -0.39 is 6.10 Å². The van der Waals surface area contributed by atoms with Gasteiger partial charge in [-0.15, -0.1) is 0 Å². The van der Waals surface area contributed by atoms with Gasteiger partial charge in [0.25, 0.3) is 0 Å². The van der Waals surface area contributed by atoms with Crippen LogP contribution in [-0.4, -0.2) is 23.3 Å². The summed E-state index contributed by atoms with van der Waals surface area (Å²) in [6, 6.07) is 8.46. The van der Waals surface area contributed by atoms with E-state index in [0.29, 0.717) is 12.3 Å². The normalized spacial score (nSPS) is 25.7. The highest BCUT2D eigenvalue weighted by Gasteiger charge is 2.31. The number of cyclic esters (lactones) is 1. The van der Waals surface area contributed by atoms with Crippen LogP contribution in [0, 0.1) is 5.92 Å². The number of aryl methyl sites for hydroxylation is 1. The van der Waals surface area contributed by atoms with Crippen LogP contribution < -0.4 is 0 Å². The fourth-order valence-corrected chi connectivity index (χ4v) is 4.18. The van der Waals surface area contributed by atoms with Gasteiger partial charge in [-0.05, 0) is 41.9 Å². The lowest BCUT2D eigenvalue weighted by atomic mass is 9.83. The molecule has 2 aliphatic rings. The van der Waals surface area contributed by atoms with E-state index >= 15 is 0 Å². The summed E-state index contributed by atoms with van der Waals surface area (Å²) in [7, 11) is 0. The van der Waals surface area contributed by atoms with Crippen molar-refractivity contribution in [1.29, 1.82) is 0 Å². The molecule has 1 aliphatic carbocycles. The van der Waals surface area contributed by atoms with Gasteiger partial charge in [-0.2, -0.15) is 0 Å². The number of carbonyl (C=O) groups is 1. The summed E-state index contributed by atoms with van der Waals surface area (Å²) >= 11 is 0. The van der Waals surface area contributed by atoms with Gasteiger partial charge in [0, 0.05) is 6.42 Å². The van der Waals surface area contributed by atoms with Crippen LogP contribution in [0.15, 0.2) is 30.3 Å². The number of rotatable bonds is 5. The highest BCUT2D eigenvalue weighted by molar-refractivity contribution is 5.77. The van der Waals surface area contributed by atoms with Crippen LogP contribution in [0.4, 0.5) is 0 Å². The zero-order valence-corrected chi connectivity index (χ0v) is 15.2. The van der Waals surface area contributed by atoms with Crippen molar-refractivity contribution in [2.45, 2.75) is 76.9 Å². The molecule has 1 aromatic rings. The molecule has 1 aliphatic heterocycles. The van der Waals surface area contributed by atoms with Gasteiger partial charge in [0.2, 0.25) is 0 Å². The molecule has 1 N–H and O–H groups in total. The number of ether oxygens (including phenoxy) is 1. The fraction of sp³-hybridized carbons (Fsp3) is 0.591. The van der Waals surface area contributed by atoms with Crippen LogP contribution in [0.25, 0.3) is 5.57 Å². The summed E-state index contributed by atoms with van der Waals surface area (Å²) in [6.45, 7) is 2.19. The number of hydrogen-bond acceptors (Lipinski definition) is 3. The Hall–Kier alpha value is -1.61. The van der Waals surface area contributed by atoms with E-state index in [2.05, 4.69) is 37.3 Å². The van der Waals surface area contributed by atoms with Crippen molar-refractivity contribution in [3.8, 4) is 0 Å². The molecule has 3 rings (SSSR count). The van der Waals surface area contributed by atoms with Crippen LogP contribution in [0.1, 0.15) is 69.4 Å². The molecule has 0 aromatic heterocycles. The van der Waals surface area contributed by atoms with Gasteiger partial charge in [0.05, 0.1) is 12.5 Å². The topological polar surface area (TPSA) is 46.5 Å². The van der Waals surface area contributed by atoms with Crippen molar-refractivity contribution in [1.82, 2.24) is 0 Å². The Labute approximate surface area is 151 Å². The summed E-state index contributed by atoms with van der Waals surface area (Å²) < 4.78 is 5.68. The number of aliphatic hydroxyl groups is 1. The molecule has 25 heavy (non-hydrogen) atoms. The lowest BCUT2D eigenvalue weighted by molar-refractivity contribution is -0.155. The standard InChI is InChI=1S/C22H30O3/c1-2-8-17-11-6-7-12-19(17)20(13-16-9-4-3-5-10-16)21-14-18(23)15-22(24)25-21/h6-7,11-13,16,18,21,23H,2-5,8-10,14-15H2,1H3. The first-order valence-electron chi connectivity index (χ1n) is 9.85. The summed E-state index contributed by atoms with van der Waals surface area (Å²) in [4.78, 5) is 11.9. The van der Waals surface area contributed by atoms with Crippen molar-refractivity contribution < 1.29 is 14.6 Å². The molecule has 2 atom stereocenters. The number of allylic oxidation sites excluding steroid dienone is 1. The summed E-state index contributed by atoms with van der Waals surface area (Å²) in [5.41, 5.74) is 3.62. The monoisotopic (exact) mass is 342 g/mol. The third kappa shape index (κ3) is 4.72. The molecule has 1 saturated heterocycles. The van der Waals surface area contributed by atoms with Crippen molar-refractivity contribution in [3.05, 3.63) is 41.5 Å². The van der Waals surface area contributed by atoms with Gasteiger partial charge in [0.15, 0.2) is 0 Å². The number of esters is 1. The Morgan fingerprint density at radius 3 is 2.72 bits per heavy atom. The van der Waals surface area contributed by atoms with E-state index in [9.17, 15) is 9.90 Å². The van der Waals surface area contributed by atoms with Crippen LogP contribution >= 0.6 is 0 Å². The highest BCUT2D eigenvalue weighted by atomic mass is 16.5. The maximum absolute atomic E-state index is 11.9. The minimum Gasteiger partial charge on any atom is -0.457 e. The zero-order valence-electron chi connectivity index (χ0n) is 15.2. The molecule has 0 bridgehead atoms. The van der Waals surface area contributed by atoms with E-state index in [1.54, 1.807) is 0 Å². The maximum atomic E-state index is 11.9. The number of aliphatic hydroxyl groups excluding tert-OH is 1. The molecule has 2 unspecified atom stereocenters. The van der Waals surface area contributed by atoms with Gasteiger partial charge < -0.3 is 9.84 Å². The number of hydrogen-bond donors (Lipinski definition) is 1. The van der Waals surface area contributed by atoms with Crippen LogP contribution in [0.3, 0.4) is 0 Å². The second-order valence-corrected chi connectivity index (χ2v) is 7.50. The van der Waals surface area contributed by atoms with Gasteiger partial charge in [-0.3, -0.25) is 4.79 Å². The molecule has 2 fully saturated rings. The van der Waals surface area contributed by atoms with Crippen molar-refractivity contribution >= 4 is 11.5 Å². The Morgan fingerprint density at radius 2 is 2.00 bits per heavy atom. The SMILES string of the molecule is CCCc1ccccc1C(=CC1CCCCC1)C1CC(O)CC(=O)O1. The molecule has 136 valence electrons. The summed E-state index contributed by atoms with van der Waals surface area (Å²) in [6.07, 6.45) is 10.4. The molecule has 1 aromatic carbocycles. The average molecular weight is 342 g/mol. The van der Waals surface area contributed by atoms with E-state index in [-0.39, 0.29) is 18.5 Å². The maximum Gasteiger partial charge on any atom is 0.309 e.